The van der Waals surface area contributed by atoms with E-state index in [-0.39, 0.29) is 6.42 Å². The predicted molar refractivity (Wildman–Crippen MR) is 80.2 cm³/mol. The topological polar surface area (TPSA) is 112 Å². The Morgan fingerprint density at radius 2 is 2.05 bits per heavy atom. The van der Waals surface area contributed by atoms with E-state index in [1.165, 1.54) is 0 Å². The van der Waals surface area contributed by atoms with Crippen molar-refractivity contribution in [2.45, 2.75) is 45.7 Å². The molecule has 0 saturated heterocycles. The van der Waals surface area contributed by atoms with Crippen molar-refractivity contribution < 1.29 is 19.9 Å². The molecule has 22 heavy (non-hydrogen) atoms. The Kier molecular flexibility index (Phi) is 7.48. The molecule has 1 aromatic heterocycles. The van der Waals surface area contributed by atoms with Gasteiger partial charge in [-0.2, -0.15) is 0 Å². The fraction of sp³-hybridized carbons (Fsp3) is 0.533. The zero-order chi connectivity index (χ0) is 16.5. The number of hydrogen-bond donors (Lipinski definition) is 4. The maximum atomic E-state index is 11.2. The van der Waals surface area contributed by atoms with Crippen LogP contribution in [0.15, 0.2) is 18.3 Å². The van der Waals surface area contributed by atoms with E-state index in [4.69, 9.17) is 10.3 Å². The Balaban J connectivity index is 2.49. The number of rotatable bonds is 9. The number of amides is 1. The van der Waals surface area contributed by atoms with Crippen LogP contribution in [0.2, 0.25) is 0 Å². The summed E-state index contributed by atoms with van der Waals surface area (Å²) in [5.74, 6) is -1.01. The zero-order valence-electron chi connectivity index (χ0n) is 12.9. The molecule has 122 valence electrons. The fourth-order valence-corrected chi connectivity index (χ4v) is 1.99. The second-order valence-electron chi connectivity index (χ2n) is 5.59. The van der Waals surface area contributed by atoms with Gasteiger partial charge in [0.15, 0.2) is 0 Å². The van der Waals surface area contributed by atoms with E-state index in [9.17, 15) is 9.59 Å². The summed E-state index contributed by atoms with van der Waals surface area (Å²) in [5, 5.41) is 20.6. The molecule has 0 fully saturated rings. The molecule has 0 bridgehead atoms. The van der Waals surface area contributed by atoms with Crippen LogP contribution in [0.5, 0.6) is 0 Å². The second-order valence-corrected chi connectivity index (χ2v) is 5.59. The molecule has 1 aromatic rings. The summed E-state index contributed by atoms with van der Waals surface area (Å²) in [7, 11) is 0. The van der Waals surface area contributed by atoms with Crippen molar-refractivity contribution in [2.75, 3.05) is 0 Å². The van der Waals surface area contributed by atoms with Crippen LogP contribution in [0.25, 0.3) is 0 Å². The number of aliphatic carboxylic acids is 1. The number of nitrogens with zero attached hydrogens (tertiary/aromatic N) is 1. The van der Waals surface area contributed by atoms with Crippen molar-refractivity contribution in [3.05, 3.63) is 29.6 Å². The molecule has 1 heterocycles. The highest BCUT2D eigenvalue weighted by Gasteiger charge is 2.17. The minimum absolute atomic E-state index is 0.163. The molecule has 7 nitrogen and oxygen atoms in total. The van der Waals surface area contributed by atoms with Gasteiger partial charge >= 0.3 is 5.97 Å². The van der Waals surface area contributed by atoms with Crippen molar-refractivity contribution in [1.82, 2.24) is 15.8 Å². The van der Waals surface area contributed by atoms with Crippen molar-refractivity contribution in [3.63, 3.8) is 0 Å². The summed E-state index contributed by atoms with van der Waals surface area (Å²) in [6, 6.07) is 3.06. The Morgan fingerprint density at radius 1 is 1.32 bits per heavy atom. The number of carboxylic acids is 1. The first-order valence-electron chi connectivity index (χ1n) is 7.25. The van der Waals surface area contributed by atoms with Crippen molar-refractivity contribution in [1.29, 1.82) is 0 Å². The number of carbonyl (C=O) groups is 2. The number of carbonyl (C=O) groups excluding carboxylic acids is 1. The van der Waals surface area contributed by atoms with Gasteiger partial charge in [-0.15, -0.1) is 0 Å². The first-order valence-corrected chi connectivity index (χ1v) is 7.25. The maximum Gasteiger partial charge on any atom is 0.320 e. The third-order valence-corrected chi connectivity index (χ3v) is 3.18. The normalized spacial score (nSPS) is 12.2. The molecule has 0 aromatic carbocycles. The van der Waals surface area contributed by atoms with Crippen LogP contribution in [-0.4, -0.2) is 33.2 Å². The van der Waals surface area contributed by atoms with Gasteiger partial charge < -0.3 is 10.4 Å². The van der Waals surface area contributed by atoms with Gasteiger partial charge in [0, 0.05) is 24.9 Å². The molecular formula is C15H23N3O4. The molecule has 1 rings (SSSR count). The Morgan fingerprint density at radius 3 is 2.55 bits per heavy atom. The van der Waals surface area contributed by atoms with E-state index >= 15 is 0 Å². The third kappa shape index (κ3) is 6.64. The van der Waals surface area contributed by atoms with E-state index in [0.29, 0.717) is 25.3 Å². The van der Waals surface area contributed by atoms with Crippen LogP contribution in [0, 0.1) is 5.92 Å². The minimum Gasteiger partial charge on any atom is -0.480 e. The highest BCUT2D eigenvalue weighted by molar-refractivity contribution is 5.74. The van der Waals surface area contributed by atoms with Gasteiger partial charge in [0.25, 0.3) is 0 Å². The van der Waals surface area contributed by atoms with E-state index in [2.05, 4.69) is 10.3 Å². The van der Waals surface area contributed by atoms with Crippen LogP contribution in [0.3, 0.4) is 0 Å². The van der Waals surface area contributed by atoms with E-state index in [0.717, 1.165) is 11.3 Å². The SMILES string of the molecule is CC(C)C[C@@H](NCc1ccc(CCC(=O)NO)nc1)C(=O)O. The lowest BCUT2D eigenvalue weighted by molar-refractivity contribution is -0.140. The van der Waals surface area contributed by atoms with Crippen molar-refractivity contribution in [2.24, 2.45) is 5.92 Å². The van der Waals surface area contributed by atoms with Gasteiger partial charge in [-0.05, 0) is 30.4 Å². The minimum atomic E-state index is -0.853. The van der Waals surface area contributed by atoms with E-state index in [1.807, 2.05) is 19.9 Å². The van der Waals surface area contributed by atoms with Crippen molar-refractivity contribution >= 4 is 11.9 Å². The van der Waals surface area contributed by atoms with Crippen molar-refractivity contribution in [3.8, 4) is 0 Å². The Hall–Kier alpha value is -1.99. The molecule has 7 heteroatoms. The number of hydrogen-bond acceptors (Lipinski definition) is 5. The third-order valence-electron chi connectivity index (χ3n) is 3.18. The average molecular weight is 309 g/mol. The highest BCUT2D eigenvalue weighted by Crippen LogP contribution is 2.07. The molecule has 1 amide bonds. The van der Waals surface area contributed by atoms with E-state index in [1.54, 1.807) is 17.7 Å². The summed E-state index contributed by atoms with van der Waals surface area (Å²) in [4.78, 5) is 26.3. The van der Waals surface area contributed by atoms with Gasteiger partial charge in [0.2, 0.25) is 5.91 Å². The van der Waals surface area contributed by atoms with Crippen LogP contribution in [-0.2, 0) is 22.6 Å². The summed E-state index contributed by atoms with van der Waals surface area (Å²) < 4.78 is 0. The predicted octanol–water partition coefficient (Wildman–Crippen LogP) is 1.11. The molecule has 1 atom stereocenters. The summed E-state index contributed by atoms with van der Waals surface area (Å²) in [6.45, 7) is 4.39. The molecule has 0 aliphatic rings. The molecular weight excluding hydrogens is 286 g/mol. The smallest absolute Gasteiger partial charge is 0.320 e. The first kappa shape index (κ1) is 18.1. The molecule has 0 aliphatic carbocycles. The van der Waals surface area contributed by atoms with Gasteiger partial charge in [0.05, 0.1) is 0 Å². The highest BCUT2D eigenvalue weighted by atomic mass is 16.5. The quantitative estimate of drug-likeness (QED) is 0.401. The Labute approximate surface area is 129 Å². The number of pyridine rings is 1. The maximum absolute atomic E-state index is 11.2. The van der Waals surface area contributed by atoms with E-state index < -0.39 is 17.9 Å². The largest absolute Gasteiger partial charge is 0.480 e. The molecule has 0 radical (unpaired) electrons. The molecule has 0 unspecified atom stereocenters. The first-order chi connectivity index (χ1) is 10.4. The second kappa shape index (κ2) is 9.11. The Bertz CT molecular complexity index is 488. The number of nitrogens with one attached hydrogen (secondary N) is 2. The number of carboxylic acid groups (broad SMARTS) is 1. The monoisotopic (exact) mass is 309 g/mol. The number of aryl methyl sites for hydroxylation is 1. The van der Waals surface area contributed by atoms with Gasteiger partial charge in [-0.1, -0.05) is 19.9 Å². The average Bonchev–Trinajstić information content (AvgIpc) is 2.49. The molecule has 4 N–H and O–H groups in total. The lowest BCUT2D eigenvalue weighted by Crippen LogP contribution is -2.37. The fourth-order valence-electron chi connectivity index (χ4n) is 1.99. The zero-order valence-corrected chi connectivity index (χ0v) is 12.9. The molecule has 0 saturated carbocycles. The van der Waals surface area contributed by atoms with Crippen LogP contribution >= 0.6 is 0 Å². The summed E-state index contributed by atoms with van der Waals surface area (Å²) in [6.07, 6.45) is 2.83. The summed E-state index contributed by atoms with van der Waals surface area (Å²) >= 11 is 0. The molecule has 0 aliphatic heterocycles. The number of aromatic nitrogens is 1. The van der Waals surface area contributed by atoms with Gasteiger partial charge in [-0.25, -0.2) is 5.48 Å². The lowest BCUT2D eigenvalue weighted by Gasteiger charge is -2.16. The number of hydroxylamine groups is 1. The van der Waals surface area contributed by atoms with Gasteiger partial charge in [-0.3, -0.25) is 19.8 Å². The standard InChI is InChI=1S/C15H23N3O4/c1-10(2)7-13(15(20)21)17-9-11-3-4-12(16-8-11)5-6-14(19)18-22/h3-4,8,10,13,17,22H,5-7,9H2,1-2H3,(H,18,19)(H,20,21)/t13-/m1/s1. The van der Waals surface area contributed by atoms with Crippen LogP contribution in [0.4, 0.5) is 0 Å². The summed E-state index contributed by atoms with van der Waals surface area (Å²) in [5.41, 5.74) is 3.19. The van der Waals surface area contributed by atoms with Crippen LogP contribution < -0.4 is 10.8 Å². The van der Waals surface area contributed by atoms with Crippen LogP contribution in [0.1, 0.15) is 37.9 Å². The van der Waals surface area contributed by atoms with Gasteiger partial charge in [0.1, 0.15) is 6.04 Å². The molecule has 0 spiro atoms. The lowest BCUT2D eigenvalue weighted by atomic mass is 10.0.